The summed E-state index contributed by atoms with van der Waals surface area (Å²) >= 11 is 9.69. The second kappa shape index (κ2) is 5.92. The number of carbonyl (C=O) groups is 1. The van der Waals surface area contributed by atoms with Gasteiger partial charge in [0.15, 0.2) is 0 Å². The molecule has 6 heteroatoms. The summed E-state index contributed by atoms with van der Waals surface area (Å²) in [5.74, 6) is 2.07. The van der Waals surface area contributed by atoms with Crippen LogP contribution in [0, 0.1) is 11.3 Å². The Balaban J connectivity index is 1.41. The number of rotatable bonds is 2. The number of aromatic nitrogens is 1. The molecule has 0 aromatic carbocycles. The Morgan fingerprint density at radius 1 is 1.30 bits per heavy atom. The molecule has 2 heterocycles. The van der Waals surface area contributed by atoms with Crippen molar-refractivity contribution >= 4 is 39.3 Å². The van der Waals surface area contributed by atoms with Crippen LogP contribution in [0.25, 0.3) is 0 Å². The Bertz CT molecular complexity index is 602. The van der Waals surface area contributed by atoms with Crippen LogP contribution < -0.4 is 4.90 Å². The quantitative estimate of drug-likeness (QED) is 0.717. The standard InChI is InChI=1S/C17H21BrClN3O/c18-14-9-12-3-4-17(14,10-12)16(23)22-7-5-21(6-8-22)15-2-1-13(19)11-20-15/h1-2,11-12,14H,3-10H2/t12-,14-,17-/m0/s1. The highest BCUT2D eigenvalue weighted by atomic mass is 79.9. The van der Waals surface area contributed by atoms with E-state index in [0.29, 0.717) is 15.8 Å². The van der Waals surface area contributed by atoms with Gasteiger partial charge in [-0.05, 0) is 43.7 Å². The van der Waals surface area contributed by atoms with Crippen LogP contribution in [0.5, 0.6) is 0 Å². The molecule has 1 aliphatic heterocycles. The summed E-state index contributed by atoms with van der Waals surface area (Å²) in [6.45, 7) is 3.25. The third-order valence-electron chi connectivity index (χ3n) is 5.82. The molecular weight excluding hydrogens is 378 g/mol. The maximum absolute atomic E-state index is 13.1. The first-order valence-electron chi connectivity index (χ1n) is 8.38. The molecule has 3 aliphatic rings. The first-order valence-corrected chi connectivity index (χ1v) is 9.68. The van der Waals surface area contributed by atoms with Gasteiger partial charge in [-0.15, -0.1) is 0 Å². The van der Waals surface area contributed by atoms with E-state index < -0.39 is 0 Å². The normalized spacial score (nSPS) is 33.3. The fourth-order valence-corrected chi connectivity index (χ4v) is 5.77. The molecule has 4 rings (SSSR count). The molecule has 3 atom stereocenters. The van der Waals surface area contributed by atoms with Gasteiger partial charge in [0.25, 0.3) is 0 Å². The van der Waals surface area contributed by atoms with Crippen molar-refractivity contribution < 1.29 is 4.79 Å². The summed E-state index contributed by atoms with van der Waals surface area (Å²) in [5.41, 5.74) is -0.120. The van der Waals surface area contributed by atoms with Gasteiger partial charge < -0.3 is 9.80 Å². The molecule has 23 heavy (non-hydrogen) atoms. The molecule has 2 bridgehead atoms. The van der Waals surface area contributed by atoms with Crippen molar-refractivity contribution in [2.45, 2.75) is 30.5 Å². The largest absolute Gasteiger partial charge is 0.353 e. The lowest BCUT2D eigenvalue weighted by Crippen LogP contribution is -2.54. The molecule has 2 aliphatic carbocycles. The van der Waals surface area contributed by atoms with E-state index in [0.717, 1.165) is 50.8 Å². The molecule has 4 nitrogen and oxygen atoms in total. The summed E-state index contributed by atoms with van der Waals surface area (Å²) in [7, 11) is 0. The zero-order valence-corrected chi connectivity index (χ0v) is 15.4. The monoisotopic (exact) mass is 397 g/mol. The van der Waals surface area contributed by atoms with Crippen LogP contribution in [0.3, 0.4) is 0 Å². The predicted octanol–water partition coefficient (Wildman–Crippen LogP) is 3.34. The van der Waals surface area contributed by atoms with E-state index in [1.54, 1.807) is 6.20 Å². The Hall–Kier alpha value is -0.810. The zero-order chi connectivity index (χ0) is 16.0. The van der Waals surface area contributed by atoms with Crippen LogP contribution in [0.4, 0.5) is 5.82 Å². The SMILES string of the molecule is O=C(N1CCN(c2ccc(Cl)cn2)CC1)[C@]12CC[C@@H](C[C@@H]1Br)C2. The van der Waals surface area contributed by atoms with Gasteiger partial charge in [-0.1, -0.05) is 27.5 Å². The van der Waals surface area contributed by atoms with Crippen molar-refractivity contribution in [2.75, 3.05) is 31.1 Å². The fourth-order valence-electron chi connectivity index (χ4n) is 4.52. The van der Waals surface area contributed by atoms with E-state index in [1.807, 2.05) is 12.1 Å². The number of alkyl halides is 1. The van der Waals surface area contributed by atoms with Crippen molar-refractivity contribution in [3.05, 3.63) is 23.4 Å². The number of fused-ring (bicyclic) bond motifs is 2. The van der Waals surface area contributed by atoms with E-state index in [-0.39, 0.29) is 5.41 Å². The van der Waals surface area contributed by atoms with Gasteiger partial charge in [0.05, 0.1) is 10.4 Å². The second-order valence-electron chi connectivity index (χ2n) is 7.08. The smallest absolute Gasteiger partial charge is 0.230 e. The van der Waals surface area contributed by atoms with Gasteiger partial charge in [0.2, 0.25) is 5.91 Å². The maximum Gasteiger partial charge on any atom is 0.230 e. The molecular formula is C17H21BrClN3O. The lowest BCUT2D eigenvalue weighted by molar-refractivity contribution is -0.141. The molecule has 1 saturated heterocycles. The lowest BCUT2D eigenvalue weighted by atomic mass is 9.82. The highest BCUT2D eigenvalue weighted by Crippen LogP contribution is 2.57. The van der Waals surface area contributed by atoms with Crippen LogP contribution in [-0.4, -0.2) is 46.8 Å². The predicted molar refractivity (Wildman–Crippen MR) is 95.1 cm³/mol. The van der Waals surface area contributed by atoms with Crippen molar-refractivity contribution in [1.82, 2.24) is 9.88 Å². The third-order valence-corrected chi connectivity index (χ3v) is 7.29. The van der Waals surface area contributed by atoms with E-state index in [2.05, 4.69) is 30.7 Å². The van der Waals surface area contributed by atoms with Crippen LogP contribution >= 0.6 is 27.5 Å². The highest BCUT2D eigenvalue weighted by Gasteiger charge is 2.57. The minimum Gasteiger partial charge on any atom is -0.353 e. The number of piperazine rings is 1. The zero-order valence-electron chi connectivity index (χ0n) is 13.0. The van der Waals surface area contributed by atoms with Gasteiger partial charge in [-0.25, -0.2) is 4.98 Å². The minimum atomic E-state index is -0.120. The van der Waals surface area contributed by atoms with Gasteiger partial charge in [0, 0.05) is 37.2 Å². The highest BCUT2D eigenvalue weighted by molar-refractivity contribution is 9.09. The number of carbonyl (C=O) groups excluding carboxylic acids is 1. The van der Waals surface area contributed by atoms with Crippen molar-refractivity contribution in [2.24, 2.45) is 11.3 Å². The van der Waals surface area contributed by atoms with Crippen LogP contribution in [0.15, 0.2) is 18.3 Å². The topological polar surface area (TPSA) is 36.4 Å². The van der Waals surface area contributed by atoms with E-state index in [1.165, 1.54) is 12.8 Å². The van der Waals surface area contributed by atoms with Crippen LogP contribution in [0.1, 0.15) is 25.7 Å². The van der Waals surface area contributed by atoms with Crippen LogP contribution in [-0.2, 0) is 4.79 Å². The van der Waals surface area contributed by atoms with E-state index >= 15 is 0 Å². The first kappa shape index (κ1) is 15.7. The number of hydrogen-bond acceptors (Lipinski definition) is 3. The minimum absolute atomic E-state index is 0.120. The molecule has 1 aromatic rings. The van der Waals surface area contributed by atoms with Crippen LogP contribution in [0.2, 0.25) is 5.02 Å². The average Bonchev–Trinajstić information content (AvgIpc) is 3.13. The number of nitrogens with zero attached hydrogens (tertiary/aromatic N) is 3. The molecule has 0 spiro atoms. The fraction of sp³-hybridized carbons (Fsp3) is 0.647. The Morgan fingerprint density at radius 2 is 2.09 bits per heavy atom. The van der Waals surface area contributed by atoms with Crippen molar-refractivity contribution in [3.8, 4) is 0 Å². The summed E-state index contributed by atoms with van der Waals surface area (Å²) in [5, 5.41) is 0.655. The Morgan fingerprint density at radius 3 is 2.65 bits per heavy atom. The molecule has 3 fully saturated rings. The van der Waals surface area contributed by atoms with E-state index in [9.17, 15) is 4.79 Å². The Kier molecular flexibility index (Phi) is 4.04. The van der Waals surface area contributed by atoms with Gasteiger partial charge >= 0.3 is 0 Å². The van der Waals surface area contributed by atoms with Gasteiger partial charge in [-0.2, -0.15) is 0 Å². The molecule has 1 aromatic heterocycles. The molecule has 2 saturated carbocycles. The second-order valence-corrected chi connectivity index (χ2v) is 8.62. The summed E-state index contributed by atoms with van der Waals surface area (Å²) in [4.78, 5) is 22.2. The molecule has 0 radical (unpaired) electrons. The number of halogens is 2. The summed E-state index contributed by atoms with van der Waals surface area (Å²) in [6.07, 6.45) is 6.22. The number of hydrogen-bond donors (Lipinski definition) is 0. The molecule has 124 valence electrons. The van der Waals surface area contributed by atoms with Gasteiger partial charge in [-0.3, -0.25) is 4.79 Å². The third kappa shape index (κ3) is 2.66. The Labute approximate surface area is 150 Å². The van der Waals surface area contributed by atoms with E-state index in [4.69, 9.17) is 11.6 Å². The number of anilines is 1. The summed E-state index contributed by atoms with van der Waals surface area (Å²) in [6, 6.07) is 3.82. The lowest BCUT2D eigenvalue weighted by Gasteiger charge is -2.41. The summed E-state index contributed by atoms with van der Waals surface area (Å²) < 4.78 is 0. The average molecular weight is 399 g/mol. The number of pyridine rings is 1. The number of amides is 1. The van der Waals surface area contributed by atoms with Gasteiger partial charge in [0.1, 0.15) is 5.82 Å². The maximum atomic E-state index is 13.1. The van der Waals surface area contributed by atoms with Crippen molar-refractivity contribution in [3.63, 3.8) is 0 Å². The molecule has 0 unspecified atom stereocenters. The molecule has 0 N–H and O–H groups in total. The van der Waals surface area contributed by atoms with Crippen molar-refractivity contribution in [1.29, 1.82) is 0 Å². The first-order chi connectivity index (χ1) is 11.1. The molecule has 1 amide bonds.